The minimum atomic E-state index is -1.46. The molecule has 3 aliphatic rings. The Hall–Kier alpha value is -1.74. The number of nitrogens with one attached hydrogen (secondary N) is 1. The maximum atomic E-state index is 12.7. The minimum absolute atomic E-state index is 0.0724. The number of hydrogen-bond acceptors (Lipinski definition) is 7. The Labute approximate surface area is 176 Å². The maximum absolute atomic E-state index is 12.7. The molecule has 0 aromatic heterocycles. The van der Waals surface area contributed by atoms with Gasteiger partial charge in [0.25, 0.3) is 0 Å². The van der Waals surface area contributed by atoms with Crippen LogP contribution < -0.4 is 5.32 Å². The standard InChI is InChI=1S/C22H33NO7/c1-2-3-4-6-14-17(11-16(25)15(24)7-5-8-20(27)28)30-21(29)10-9-18-22(14,13-21)19(26)12-23-18/h3-4,9,14-15,17,19,23-24,26,29H,2,5-8,10-13H2,1H3,(H,27,28)/b4-3-/t14-,15?,17+,19+,21-,22?/m1/s1. The van der Waals surface area contributed by atoms with Crippen molar-refractivity contribution >= 4 is 11.8 Å². The van der Waals surface area contributed by atoms with Gasteiger partial charge in [0.05, 0.1) is 12.2 Å². The van der Waals surface area contributed by atoms with Crippen molar-refractivity contribution in [1.82, 2.24) is 5.32 Å². The zero-order chi connectivity index (χ0) is 21.9. The summed E-state index contributed by atoms with van der Waals surface area (Å²) in [5, 5.41) is 44.1. The fourth-order valence-corrected chi connectivity index (χ4v) is 5.26. The summed E-state index contributed by atoms with van der Waals surface area (Å²) in [6, 6.07) is 0. The Bertz CT molecular complexity index is 720. The van der Waals surface area contributed by atoms with E-state index in [4.69, 9.17) is 9.84 Å². The van der Waals surface area contributed by atoms with E-state index < -0.39 is 41.3 Å². The quantitative estimate of drug-likeness (QED) is 0.331. The lowest BCUT2D eigenvalue weighted by Crippen LogP contribution is -2.60. The molecule has 2 bridgehead atoms. The molecule has 8 nitrogen and oxygen atoms in total. The summed E-state index contributed by atoms with van der Waals surface area (Å²) in [6.07, 6.45) is 5.34. The number of hydrogen-bond donors (Lipinski definition) is 5. The van der Waals surface area contributed by atoms with Gasteiger partial charge in [-0.1, -0.05) is 25.2 Å². The summed E-state index contributed by atoms with van der Waals surface area (Å²) in [4.78, 5) is 23.4. The Morgan fingerprint density at radius 3 is 2.87 bits per heavy atom. The van der Waals surface area contributed by atoms with Crippen molar-refractivity contribution in [2.24, 2.45) is 11.3 Å². The second kappa shape index (κ2) is 9.18. The fourth-order valence-electron chi connectivity index (χ4n) is 5.26. The fraction of sp³-hybridized carbons (Fsp3) is 0.727. The summed E-state index contributed by atoms with van der Waals surface area (Å²) >= 11 is 0. The molecule has 0 aromatic rings. The third-order valence-corrected chi connectivity index (χ3v) is 6.69. The highest BCUT2D eigenvalue weighted by Gasteiger charge is 2.63. The zero-order valence-corrected chi connectivity index (χ0v) is 17.4. The molecule has 2 saturated heterocycles. The molecule has 2 heterocycles. The lowest BCUT2D eigenvalue weighted by Gasteiger charge is -2.55. The molecule has 3 rings (SSSR count). The molecule has 5 N–H and O–H groups in total. The topological polar surface area (TPSA) is 136 Å². The molecule has 0 amide bonds. The summed E-state index contributed by atoms with van der Waals surface area (Å²) in [5.74, 6) is -3.10. The van der Waals surface area contributed by atoms with Crippen molar-refractivity contribution in [3.05, 3.63) is 23.9 Å². The molecule has 0 radical (unpaired) electrons. The van der Waals surface area contributed by atoms with Gasteiger partial charge >= 0.3 is 5.97 Å². The van der Waals surface area contributed by atoms with E-state index in [9.17, 15) is 24.9 Å². The molecule has 8 heteroatoms. The number of fused-ring (bicyclic) bond motifs is 1. The van der Waals surface area contributed by atoms with Crippen LogP contribution in [0, 0.1) is 11.3 Å². The van der Waals surface area contributed by atoms with Crippen molar-refractivity contribution in [2.45, 2.75) is 82.4 Å². The number of carbonyl (C=O) groups excluding carboxylic acids is 1. The number of carbonyl (C=O) groups is 2. The highest BCUT2D eigenvalue weighted by atomic mass is 16.6. The molecule has 0 aromatic carbocycles. The second-order valence-electron chi connectivity index (χ2n) is 8.73. The summed E-state index contributed by atoms with van der Waals surface area (Å²) < 4.78 is 6.02. The number of ketones is 1. The first-order valence-corrected chi connectivity index (χ1v) is 10.8. The van der Waals surface area contributed by atoms with Gasteiger partial charge in [-0.3, -0.25) is 9.59 Å². The number of aliphatic hydroxyl groups is 3. The van der Waals surface area contributed by atoms with E-state index in [2.05, 4.69) is 5.32 Å². The molecule has 0 saturated carbocycles. The average molecular weight is 424 g/mol. The minimum Gasteiger partial charge on any atom is -0.481 e. The van der Waals surface area contributed by atoms with Gasteiger partial charge in [0.15, 0.2) is 11.6 Å². The van der Waals surface area contributed by atoms with E-state index in [-0.39, 0.29) is 44.4 Å². The van der Waals surface area contributed by atoms with Crippen molar-refractivity contribution in [1.29, 1.82) is 0 Å². The zero-order valence-electron chi connectivity index (χ0n) is 17.4. The molecule has 1 aliphatic carbocycles. The highest BCUT2D eigenvalue weighted by molar-refractivity contribution is 5.83. The largest absolute Gasteiger partial charge is 0.481 e. The van der Waals surface area contributed by atoms with Crippen LogP contribution >= 0.6 is 0 Å². The van der Waals surface area contributed by atoms with Crippen molar-refractivity contribution in [3.63, 3.8) is 0 Å². The normalized spacial score (nSPS) is 36.1. The molecular weight excluding hydrogens is 390 g/mol. The van der Waals surface area contributed by atoms with Crippen molar-refractivity contribution < 1.29 is 34.8 Å². The van der Waals surface area contributed by atoms with Gasteiger partial charge in [-0.15, -0.1) is 0 Å². The van der Waals surface area contributed by atoms with Gasteiger partial charge < -0.3 is 30.5 Å². The van der Waals surface area contributed by atoms with Gasteiger partial charge in [0.1, 0.15) is 6.10 Å². The number of carboxylic acid groups (broad SMARTS) is 1. The first kappa shape index (κ1) is 22.9. The number of rotatable bonds is 10. The third-order valence-electron chi connectivity index (χ3n) is 6.69. The lowest BCUT2D eigenvalue weighted by molar-refractivity contribution is -0.304. The molecule has 168 valence electrons. The second-order valence-corrected chi connectivity index (χ2v) is 8.73. The van der Waals surface area contributed by atoms with Gasteiger partial charge in [-0.25, -0.2) is 0 Å². The predicted octanol–water partition coefficient (Wildman–Crippen LogP) is 1.25. The van der Waals surface area contributed by atoms with Gasteiger partial charge in [-0.05, 0) is 25.7 Å². The third kappa shape index (κ3) is 4.46. The average Bonchev–Trinajstić information content (AvgIpc) is 2.99. The van der Waals surface area contributed by atoms with Crippen molar-refractivity contribution in [2.75, 3.05) is 6.54 Å². The van der Waals surface area contributed by atoms with Gasteiger partial charge in [0.2, 0.25) is 0 Å². The predicted molar refractivity (Wildman–Crippen MR) is 108 cm³/mol. The Balaban J connectivity index is 1.81. The first-order valence-electron chi connectivity index (χ1n) is 10.8. The van der Waals surface area contributed by atoms with Crippen LogP contribution in [0.5, 0.6) is 0 Å². The summed E-state index contributed by atoms with van der Waals surface area (Å²) in [6.45, 7) is 2.41. The number of carboxylic acids is 1. The molecule has 1 spiro atoms. The number of ether oxygens (including phenoxy) is 1. The molecule has 6 atom stereocenters. The lowest BCUT2D eigenvalue weighted by atomic mass is 9.59. The van der Waals surface area contributed by atoms with Crippen LogP contribution in [-0.2, 0) is 14.3 Å². The molecule has 30 heavy (non-hydrogen) atoms. The van der Waals surface area contributed by atoms with Crippen LogP contribution in [-0.4, -0.2) is 62.8 Å². The van der Waals surface area contributed by atoms with Crippen LogP contribution in [0.25, 0.3) is 0 Å². The maximum Gasteiger partial charge on any atom is 0.303 e. The number of aliphatic carboxylic acids is 1. The summed E-state index contributed by atoms with van der Waals surface area (Å²) in [5.41, 5.74) is 0.181. The van der Waals surface area contributed by atoms with E-state index in [0.717, 1.165) is 12.1 Å². The van der Waals surface area contributed by atoms with Gasteiger partial charge in [-0.2, -0.15) is 0 Å². The number of β-amino-alcohol motifs (C(OH)–C–C–N with tert-alkyl or cyclic N) is 1. The van der Waals surface area contributed by atoms with Crippen LogP contribution in [0.2, 0.25) is 0 Å². The summed E-state index contributed by atoms with van der Waals surface area (Å²) in [7, 11) is 0. The van der Waals surface area contributed by atoms with Crippen LogP contribution in [0.3, 0.4) is 0 Å². The SMILES string of the molecule is CC/C=C\C[C@@H]1[C@H](CC(=O)C(O)CCCC(=O)O)O[C@]2(O)CC=C3NC[C@H](O)C31C2. The van der Waals surface area contributed by atoms with Crippen molar-refractivity contribution in [3.8, 4) is 0 Å². The first-order chi connectivity index (χ1) is 14.2. The molecule has 2 aliphatic heterocycles. The molecule has 2 unspecified atom stereocenters. The smallest absolute Gasteiger partial charge is 0.303 e. The van der Waals surface area contributed by atoms with Crippen LogP contribution in [0.1, 0.15) is 58.3 Å². The number of allylic oxidation sites excluding steroid dienone is 2. The Morgan fingerprint density at radius 2 is 2.17 bits per heavy atom. The number of Topliss-reactive ketones (excluding diaryl/α,β-unsaturated/α-hetero) is 1. The van der Waals surface area contributed by atoms with Crippen LogP contribution in [0.15, 0.2) is 23.9 Å². The Morgan fingerprint density at radius 1 is 1.40 bits per heavy atom. The van der Waals surface area contributed by atoms with E-state index >= 15 is 0 Å². The highest BCUT2D eigenvalue weighted by Crippen LogP contribution is 2.58. The van der Waals surface area contributed by atoms with E-state index in [1.165, 1.54) is 0 Å². The Kier molecular flexibility index (Phi) is 7.02. The molecule has 2 fully saturated rings. The number of aliphatic hydroxyl groups excluding tert-OH is 2. The van der Waals surface area contributed by atoms with Crippen LogP contribution in [0.4, 0.5) is 0 Å². The van der Waals surface area contributed by atoms with E-state index in [1.807, 2.05) is 25.2 Å². The van der Waals surface area contributed by atoms with Gasteiger partial charge in [0, 0.05) is 49.3 Å². The monoisotopic (exact) mass is 423 g/mol. The molecular formula is C22H33NO7. The van der Waals surface area contributed by atoms with E-state index in [1.54, 1.807) is 0 Å². The van der Waals surface area contributed by atoms with E-state index in [0.29, 0.717) is 13.0 Å².